The zero-order valence-electron chi connectivity index (χ0n) is 13.0. The third-order valence-corrected chi connectivity index (χ3v) is 3.49. The first kappa shape index (κ1) is 15.8. The number of ether oxygens (including phenoxy) is 1. The lowest BCUT2D eigenvalue weighted by Crippen LogP contribution is -2.36. The molecular weight excluding hydrogens is 266 g/mol. The molecule has 0 unspecified atom stereocenters. The van der Waals surface area contributed by atoms with Crippen LogP contribution in [0.4, 0.5) is 5.82 Å². The number of nitrogens with one attached hydrogen (secondary N) is 1. The van der Waals surface area contributed by atoms with E-state index in [1.807, 2.05) is 12.3 Å². The van der Waals surface area contributed by atoms with Crippen LogP contribution < -0.4 is 10.2 Å². The lowest BCUT2D eigenvalue weighted by molar-refractivity contribution is -0.121. The number of hydrogen-bond acceptors (Lipinski definition) is 4. The van der Waals surface area contributed by atoms with Crippen LogP contribution in [0, 0.1) is 5.92 Å². The summed E-state index contributed by atoms with van der Waals surface area (Å²) in [6.45, 7) is 8.20. The molecule has 1 fully saturated rings. The molecule has 116 valence electrons. The van der Waals surface area contributed by atoms with E-state index in [2.05, 4.69) is 35.1 Å². The normalized spacial score (nSPS) is 15.3. The number of aryl methyl sites for hydroxylation is 1. The molecule has 2 heterocycles. The molecule has 0 radical (unpaired) electrons. The fourth-order valence-electron chi connectivity index (χ4n) is 2.25. The summed E-state index contributed by atoms with van der Waals surface area (Å²) in [6, 6.07) is 4.07. The van der Waals surface area contributed by atoms with Crippen molar-refractivity contribution >= 4 is 11.7 Å². The van der Waals surface area contributed by atoms with Gasteiger partial charge in [-0.25, -0.2) is 4.98 Å². The summed E-state index contributed by atoms with van der Waals surface area (Å²) in [5.74, 6) is 1.59. The molecular formula is C16H25N3O2. The van der Waals surface area contributed by atoms with E-state index >= 15 is 0 Å². The van der Waals surface area contributed by atoms with Gasteiger partial charge >= 0.3 is 0 Å². The minimum atomic E-state index is 0.119. The zero-order chi connectivity index (χ0) is 15.1. The highest BCUT2D eigenvalue weighted by Crippen LogP contribution is 2.15. The van der Waals surface area contributed by atoms with Gasteiger partial charge in [0.25, 0.3) is 0 Å². The number of hydrogen-bond donors (Lipinski definition) is 1. The van der Waals surface area contributed by atoms with Crippen LogP contribution in [0.5, 0.6) is 0 Å². The molecule has 0 spiro atoms. The van der Waals surface area contributed by atoms with Gasteiger partial charge in [-0.1, -0.05) is 13.8 Å². The molecule has 2 rings (SSSR count). The zero-order valence-corrected chi connectivity index (χ0v) is 13.0. The molecule has 1 aromatic rings. The number of carbonyl (C=O) groups excluding carboxylic acids is 1. The fraction of sp³-hybridized carbons (Fsp3) is 0.625. The second-order valence-corrected chi connectivity index (χ2v) is 5.82. The monoisotopic (exact) mass is 291 g/mol. The maximum Gasteiger partial charge on any atom is 0.220 e. The van der Waals surface area contributed by atoms with Gasteiger partial charge in [0.05, 0.1) is 13.2 Å². The van der Waals surface area contributed by atoms with E-state index < -0.39 is 0 Å². The number of pyridine rings is 1. The molecule has 0 saturated carbocycles. The molecule has 0 aliphatic carbocycles. The van der Waals surface area contributed by atoms with E-state index in [0.717, 1.165) is 50.7 Å². The Bertz CT molecular complexity index is 457. The summed E-state index contributed by atoms with van der Waals surface area (Å²) in [5.41, 5.74) is 1.16. The number of aromatic nitrogens is 1. The summed E-state index contributed by atoms with van der Waals surface area (Å²) in [4.78, 5) is 18.4. The first-order valence-corrected chi connectivity index (χ1v) is 7.69. The number of anilines is 1. The summed E-state index contributed by atoms with van der Waals surface area (Å²) < 4.78 is 5.35. The van der Waals surface area contributed by atoms with Crippen LogP contribution in [-0.2, 0) is 16.0 Å². The molecule has 1 N–H and O–H groups in total. The summed E-state index contributed by atoms with van der Waals surface area (Å²) in [5, 5.41) is 2.95. The average molecular weight is 291 g/mol. The van der Waals surface area contributed by atoms with Crippen LogP contribution in [0.15, 0.2) is 18.3 Å². The highest BCUT2D eigenvalue weighted by atomic mass is 16.5. The number of morpholine rings is 1. The molecule has 1 saturated heterocycles. The van der Waals surface area contributed by atoms with Crippen molar-refractivity contribution in [2.24, 2.45) is 5.92 Å². The van der Waals surface area contributed by atoms with Crippen molar-refractivity contribution in [3.63, 3.8) is 0 Å². The predicted octanol–water partition coefficient (Wildman–Crippen LogP) is 1.62. The van der Waals surface area contributed by atoms with Crippen LogP contribution in [0.25, 0.3) is 0 Å². The van der Waals surface area contributed by atoms with Gasteiger partial charge in [0.1, 0.15) is 5.82 Å². The second kappa shape index (κ2) is 7.98. The second-order valence-electron chi connectivity index (χ2n) is 5.82. The van der Waals surface area contributed by atoms with Crippen LogP contribution in [0.3, 0.4) is 0 Å². The Balaban J connectivity index is 1.84. The van der Waals surface area contributed by atoms with E-state index in [0.29, 0.717) is 12.3 Å². The number of carbonyl (C=O) groups is 1. The Morgan fingerprint density at radius 3 is 2.90 bits per heavy atom. The summed E-state index contributed by atoms with van der Waals surface area (Å²) >= 11 is 0. The largest absolute Gasteiger partial charge is 0.378 e. The van der Waals surface area contributed by atoms with Crippen molar-refractivity contribution in [2.45, 2.75) is 26.7 Å². The van der Waals surface area contributed by atoms with Crippen LogP contribution in [-0.4, -0.2) is 43.7 Å². The highest BCUT2D eigenvalue weighted by molar-refractivity contribution is 5.76. The van der Waals surface area contributed by atoms with E-state index in [1.54, 1.807) is 0 Å². The lowest BCUT2D eigenvalue weighted by Gasteiger charge is -2.28. The molecule has 21 heavy (non-hydrogen) atoms. The molecule has 5 heteroatoms. The highest BCUT2D eigenvalue weighted by Gasteiger charge is 2.12. The quantitative estimate of drug-likeness (QED) is 0.865. The molecule has 1 aliphatic heterocycles. The van der Waals surface area contributed by atoms with Gasteiger partial charge in [-0.2, -0.15) is 0 Å². The minimum absolute atomic E-state index is 0.119. The first-order chi connectivity index (χ1) is 10.1. The third-order valence-electron chi connectivity index (χ3n) is 3.49. The number of nitrogens with zero attached hydrogens (tertiary/aromatic N) is 2. The standard InChI is InChI=1S/C16H25N3O2/c1-13(2)12-18-16(20)4-3-14-5-6-17-15(11-14)19-7-9-21-10-8-19/h5-6,11,13H,3-4,7-10,12H2,1-2H3,(H,18,20). The Morgan fingerprint density at radius 1 is 1.43 bits per heavy atom. The molecule has 1 amide bonds. The van der Waals surface area contributed by atoms with E-state index in [9.17, 15) is 4.79 Å². The van der Waals surface area contributed by atoms with Gasteiger partial charge < -0.3 is 15.0 Å². The van der Waals surface area contributed by atoms with Crippen molar-refractivity contribution in [2.75, 3.05) is 37.7 Å². The SMILES string of the molecule is CC(C)CNC(=O)CCc1ccnc(N2CCOCC2)c1. The molecule has 1 aliphatic rings. The van der Waals surface area contributed by atoms with Gasteiger partial charge in [0.15, 0.2) is 0 Å². The van der Waals surface area contributed by atoms with E-state index in [1.165, 1.54) is 0 Å². The molecule has 0 aromatic carbocycles. The lowest BCUT2D eigenvalue weighted by atomic mass is 10.1. The summed E-state index contributed by atoms with van der Waals surface area (Å²) in [7, 11) is 0. The van der Waals surface area contributed by atoms with E-state index in [-0.39, 0.29) is 5.91 Å². The third kappa shape index (κ3) is 5.34. The van der Waals surface area contributed by atoms with Crippen molar-refractivity contribution < 1.29 is 9.53 Å². The molecule has 0 atom stereocenters. The van der Waals surface area contributed by atoms with Gasteiger partial charge in [0, 0.05) is 32.3 Å². The molecule has 1 aromatic heterocycles. The fourth-order valence-corrected chi connectivity index (χ4v) is 2.25. The Labute approximate surface area is 126 Å². The van der Waals surface area contributed by atoms with Crippen LogP contribution in [0.2, 0.25) is 0 Å². The van der Waals surface area contributed by atoms with Crippen LogP contribution >= 0.6 is 0 Å². The van der Waals surface area contributed by atoms with Gasteiger partial charge in [-0.05, 0) is 30.0 Å². The number of amides is 1. The van der Waals surface area contributed by atoms with Gasteiger partial charge in [-0.15, -0.1) is 0 Å². The van der Waals surface area contributed by atoms with E-state index in [4.69, 9.17) is 4.74 Å². The van der Waals surface area contributed by atoms with Crippen molar-refractivity contribution in [3.8, 4) is 0 Å². The maximum absolute atomic E-state index is 11.8. The van der Waals surface area contributed by atoms with Gasteiger partial charge in [0.2, 0.25) is 5.91 Å². The summed E-state index contributed by atoms with van der Waals surface area (Å²) in [6.07, 6.45) is 3.11. The average Bonchev–Trinajstić information content (AvgIpc) is 2.52. The smallest absolute Gasteiger partial charge is 0.220 e. The van der Waals surface area contributed by atoms with Crippen LogP contribution in [0.1, 0.15) is 25.8 Å². The maximum atomic E-state index is 11.8. The predicted molar refractivity (Wildman–Crippen MR) is 83.4 cm³/mol. The van der Waals surface area contributed by atoms with Crippen molar-refractivity contribution in [1.82, 2.24) is 10.3 Å². The topological polar surface area (TPSA) is 54.5 Å². The first-order valence-electron chi connectivity index (χ1n) is 7.69. The Morgan fingerprint density at radius 2 is 2.19 bits per heavy atom. The Kier molecular flexibility index (Phi) is 5.99. The molecule has 5 nitrogen and oxygen atoms in total. The number of rotatable bonds is 6. The van der Waals surface area contributed by atoms with Crippen molar-refractivity contribution in [3.05, 3.63) is 23.9 Å². The minimum Gasteiger partial charge on any atom is -0.378 e. The van der Waals surface area contributed by atoms with Crippen molar-refractivity contribution in [1.29, 1.82) is 0 Å². The van der Waals surface area contributed by atoms with Gasteiger partial charge in [-0.3, -0.25) is 4.79 Å². The Hall–Kier alpha value is -1.62. The molecule has 0 bridgehead atoms.